The van der Waals surface area contributed by atoms with Crippen LogP contribution in [0.25, 0.3) is 0 Å². The molecule has 2 heterocycles. The van der Waals surface area contributed by atoms with Crippen molar-refractivity contribution in [2.45, 2.75) is 20.4 Å². The Bertz CT molecular complexity index is 595. The molecule has 0 unspecified atom stereocenters. The van der Waals surface area contributed by atoms with Gasteiger partial charge < -0.3 is 9.32 Å². The van der Waals surface area contributed by atoms with E-state index in [1.54, 1.807) is 18.4 Å². The maximum Gasteiger partial charge on any atom is 0.130 e. The minimum Gasteiger partial charge on any atom is -0.469 e. The Balaban J connectivity index is 2.24. The van der Waals surface area contributed by atoms with Crippen LogP contribution in [0.3, 0.4) is 0 Å². The fourth-order valence-corrected chi connectivity index (χ4v) is 1.82. The summed E-state index contributed by atoms with van der Waals surface area (Å²) in [6.07, 6.45) is 1.68. The Labute approximate surface area is 106 Å². The second-order valence-corrected chi connectivity index (χ2v) is 4.33. The standard InChI is InChI=1S/C14H15N3O/c1-10-6-12(8-15)7-14(16-10)17(3)9-13-4-5-18-11(13)2/h4-7H,9H2,1-3H3. The molecule has 0 radical (unpaired) electrons. The van der Waals surface area contributed by atoms with Gasteiger partial charge in [-0.15, -0.1) is 0 Å². The van der Waals surface area contributed by atoms with Crippen LogP contribution in [0.15, 0.2) is 28.9 Å². The first-order valence-corrected chi connectivity index (χ1v) is 5.73. The van der Waals surface area contributed by atoms with Gasteiger partial charge in [0.2, 0.25) is 0 Å². The summed E-state index contributed by atoms with van der Waals surface area (Å²) >= 11 is 0. The summed E-state index contributed by atoms with van der Waals surface area (Å²) in [5.74, 6) is 1.71. The first-order chi connectivity index (χ1) is 8.60. The van der Waals surface area contributed by atoms with Crippen LogP contribution in [0.4, 0.5) is 5.82 Å². The van der Waals surface area contributed by atoms with Crippen molar-refractivity contribution in [1.29, 1.82) is 5.26 Å². The van der Waals surface area contributed by atoms with Crippen LogP contribution in [0.5, 0.6) is 0 Å². The molecule has 0 saturated heterocycles. The molecule has 0 aromatic carbocycles. The highest BCUT2D eigenvalue weighted by atomic mass is 16.3. The Kier molecular flexibility index (Phi) is 3.33. The van der Waals surface area contributed by atoms with Crippen LogP contribution in [-0.2, 0) is 6.54 Å². The van der Waals surface area contributed by atoms with Gasteiger partial charge in [-0.1, -0.05) is 0 Å². The van der Waals surface area contributed by atoms with Gasteiger partial charge in [-0.2, -0.15) is 5.26 Å². The summed E-state index contributed by atoms with van der Waals surface area (Å²) in [7, 11) is 1.95. The first-order valence-electron chi connectivity index (χ1n) is 5.73. The van der Waals surface area contributed by atoms with E-state index < -0.39 is 0 Å². The summed E-state index contributed by atoms with van der Waals surface area (Å²) in [6, 6.07) is 7.67. The minimum absolute atomic E-state index is 0.633. The lowest BCUT2D eigenvalue weighted by Crippen LogP contribution is -2.18. The number of aryl methyl sites for hydroxylation is 2. The number of aromatic nitrogens is 1. The molecule has 0 N–H and O–H groups in total. The molecular weight excluding hydrogens is 226 g/mol. The van der Waals surface area contributed by atoms with E-state index in [4.69, 9.17) is 9.68 Å². The molecule has 0 bridgehead atoms. The highest BCUT2D eigenvalue weighted by molar-refractivity contribution is 5.46. The third-order valence-corrected chi connectivity index (χ3v) is 2.83. The lowest BCUT2D eigenvalue weighted by molar-refractivity contribution is 0.529. The predicted octanol–water partition coefficient (Wildman–Crippen LogP) is 2.80. The number of anilines is 1. The van der Waals surface area contributed by atoms with Gasteiger partial charge in [0, 0.05) is 24.8 Å². The number of nitriles is 1. The quantitative estimate of drug-likeness (QED) is 0.829. The lowest BCUT2D eigenvalue weighted by Gasteiger charge is -2.18. The van der Waals surface area contributed by atoms with E-state index in [0.29, 0.717) is 12.1 Å². The van der Waals surface area contributed by atoms with Crippen molar-refractivity contribution >= 4 is 5.82 Å². The summed E-state index contributed by atoms with van der Waals surface area (Å²) in [6.45, 7) is 4.54. The van der Waals surface area contributed by atoms with Crippen molar-refractivity contribution in [2.75, 3.05) is 11.9 Å². The van der Waals surface area contributed by atoms with Crippen LogP contribution in [-0.4, -0.2) is 12.0 Å². The monoisotopic (exact) mass is 241 g/mol. The topological polar surface area (TPSA) is 53.1 Å². The molecule has 92 valence electrons. The summed E-state index contributed by atoms with van der Waals surface area (Å²) in [4.78, 5) is 6.44. The van der Waals surface area contributed by atoms with Crippen LogP contribution < -0.4 is 4.90 Å². The van der Waals surface area contributed by atoms with E-state index >= 15 is 0 Å². The minimum atomic E-state index is 0.633. The van der Waals surface area contributed by atoms with Gasteiger partial charge in [-0.3, -0.25) is 0 Å². The zero-order valence-corrected chi connectivity index (χ0v) is 10.8. The van der Waals surface area contributed by atoms with E-state index in [-0.39, 0.29) is 0 Å². The summed E-state index contributed by atoms with van der Waals surface area (Å²) in [5.41, 5.74) is 2.60. The molecule has 0 fully saturated rings. The Morgan fingerprint density at radius 1 is 1.39 bits per heavy atom. The zero-order chi connectivity index (χ0) is 13.1. The number of hydrogen-bond acceptors (Lipinski definition) is 4. The smallest absolute Gasteiger partial charge is 0.130 e. The van der Waals surface area contributed by atoms with Crippen molar-refractivity contribution in [3.63, 3.8) is 0 Å². The molecule has 0 amide bonds. The number of nitrogens with zero attached hydrogens (tertiary/aromatic N) is 3. The number of hydrogen-bond donors (Lipinski definition) is 0. The van der Waals surface area contributed by atoms with E-state index in [0.717, 1.165) is 22.8 Å². The second kappa shape index (κ2) is 4.92. The summed E-state index contributed by atoms with van der Waals surface area (Å²) < 4.78 is 5.27. The van der Waals surface area contributed by atoms with Gasteiger partial charge in [0.25, 0.3) is 0 Å². The van der Waals surface area contributed by atoms with Crippen molar-refractivity contribution in [2.24, 2.45) is 0 Å². The normalized spacial score (nSPS) is 10.1. The third kappa shape index (κ3) is 2.51. The second-order valence-electron chi connectivity index (χ2n) is 4.33. The van der Waals surface area contributed by atoms with Gasteiger partial charge in [-0.25, -0.2) is 4.98 Å². The molecule has 2 aromatic heterocycles. The molecule has 2 aromatic rings. The molecule has 0 aliphatic rings. The molecule has 4 heteroatoms. The van der Waals surface area contributed by atoms with Crippen molar-refractivity contribution in [3.05, 3.63) is 47.0 Å². The van der Waals surface area contributed by atoms with Crippen LogP contribution in [0.2, 0.25) is 0 Å². The number of pyridine rings is 1. The average Bonchev–Trinajstić information content (AvgIpc) is 2.74. The molecule has 0 spiro atoms. The van der Waals surface area contributed by atoms with E-state index in [1.807, 2.05) is 31.9 Å². The van der Waals surface area contributed by atoms with E-state index in [2.05, 4.69) is 11.1 Å². The van der Waals surface area contributed by atoms with Crippen molar-refractivity contribution < 1.29 is 4.42 Å². The molecule has 18 heavy (non-hydrogen) atoms. The molecular formula is C14H15N3O. The molecule has 0 atom stereocenters. The van der Waals surface area contributed by atoms with Crippen LogP contribution in [0.1, 0.15) is 22.6 Å². The lowest BCUT2D eigenvalue weighted by atomic mass is 10.2. The third-order valence-electron chi connectivity index (χ3n) is 2.83. The van der Waals surface area contributed by atoms with Gasteiger partial charge in [0.1, 0.15) is 11.6 Å². The first kappa shape index (κ1) is 12.2. The Morgan fingerprint density at radius 3 is 2.78 bits per heavy atom. The Morgan fingerprint density at radius 2 is 2.17 bits per heavy atom. The van der Waals surface area contributed by atoms with Crippen molar-refractivity contribution in [3.8, 4) is 6.07 Å². The SMILES string of the molecule is Cc1cc(C#N)cc(N(C)Cc2ccoc2C)n1. The Hall–Kier alpha value is -2.28. The molecule has 2 rings (SSSR count). The fourth-order valence-electron chi connectivity index (χ4n) is 1.82. The predicted molar refractivity (Wildman–Crippen MR) is 69.2 cm³/mol. The maximum absolute atomic E-state index is 8.96. The number of rotatable bonds is 3. The van der Waals surface area contributed by atoms with E-state index in [1.165, 1.54) is 0 Å². The van der Waals surface area contributed by atoms with Gasteiger partial charge in [0.15, 0.2) is 0 Å². The van der Waals surface area contributed by atoms with Gasteiger partial charge in [-0.05, 0) is 32.0 Å². The molecule has 0 saturated carbocycles. The highest BCUT2D eigenvalue weighted by Gasteiger charge is 2.09. The van der Waals surface area contributed by atoms with Gasteiger partial charge >= 0.3 is 0 Å². The largest absolute Gasteiger partial charge is 0.469 e. The molecule has 4 nitrogen and oxygen atoms in total. The van der Waals surface area contributed by atoms with Crippen LogP contribution >= 0.6 is 0 Å². The van der Waals surface area contributed by atoms with Gasteiger partial charge in [0.05, 0.1) is 17.9 Å². The van der Waals surface area contributed by atoms with Crippen molar-refractivity contribution in [1.82, 2.24) is 4.98 Å². The zero-order valence-electron chi connectivity index (χ0n) is 10.8. The van der Waals surface area contributed by atoms with E-state index in [9.17, 15) is 0 Å². The highest BCUT2D eigenvalue weighted by Crippen LogP contribution is 2.18. The molecule has 0 aliphatic heterocycles. The summed E-state index contributed by atoms with van der Waals surface area (Å²) in [5, 5.41) is 8.96. The fraction of sp³-hybridized carbons (Fsp3) is 0.286. The molecule has 0 aliphatic carbocycles. The maximum atomic E-state index is 8.96. The number of furan rings is 1. The average molecular weight is 241 g/mol. The van der Waals surface area contributed by atoms with Crippen LogP contribution in [0, 0.1) is 25.2 Å².